The van der Waals surface area contributed by atoms with Gasteiger partial charge in [-0.15, -0.1) is 0 Å². The summed E-state index contributed by atoms with van der Waals surface area (Å²) in [5.74, 6) is 0.00735. The molecule has 2 N–H and O–H groups in total. The number of likely N-dealkylation sites (N-methyl/N-ethyl adjacent to an activating group) is 1. The maximum Gasteiger partial charge on any atom is 0.288 e. The van der Waals surface area contributed by atoms with Crippen molar-refractivity contribution in [1.82, 2.24) is 9.88 Å². The van der Waals surface area contributed by atoms with E-state index in [9.17, 15) is 14.9 Å². The maximum atomic E-state index is 12.4. The second-order valence-electron chi connectivity index (χ2n) is 4.85. The van der Waals surface area contributed by atoms with Gasteiger partial charge < -0.3 is 10.6 Å². The Hall–Kier alpha value is -1.73. The van der Waals surface area contributed by atoms with E-state index in [1.165, 1.54) is 4.90 Å². The molecule has 0 aromatic carbocycles. The summed E-state index contributed by atoms with van der Waals surface area (Å²) in [6.07, 6.45) is 3.11. The Morgan fingerprint density at radius 1 is 1.70 bits per heavy atom. The molecule has 1 amide bonds. The minimum Gasteiger partial charge on any atom is -0.337 e. The van der Waals surface area contributed by atoms with Gasteiger partial charge in [-0.05, 0) is 18.8 Å². The number of pyridine rings is 1. The van der Waals surface area contributed by atoms with Crippen LogP contribution in [0.15, 0.2) is 12.3 Å². The zero-order chi connectivity index (χ0) is 14.9. The first-order chi connectivity index (χ1) is 9.45. The molecular formula is C12H15ClN4O3. The molecule has 0 spiro atoms. The van der Waals surface area contributed by atoms with Crippen LogP contribution in [-0.4, -0.2) is 40.3 Å². The Morgan fingerprint density at radius 2 is 2.35 bits per heavy atom. The topological polar surface area (TPSA) is 102 Å². The van der Waals surface area contributed by atoms with E-state index in [4.69, 9.17) is 17.3 Å². The fourth-order valence-electron chi connectivity index (χ4n) is 2.18. The molecule has 1 aromatic rings. The van der Waals surface area contributed by atoms with Crippen LogP contribution in [0.2, 0.25) is 5.15 Å². The van der Waals surface area contributed by atoms with Crippen LogP contribution in [0.4, 0.5) is 5.69 Å². The summed E-state index contributed by atoms with van der Waals surface area (Å²) in [7, 11) is 1.63. The van der Waals surface area contributed by atoms with Crippen molar-refractivity contribution in [2.45, 2.75) is 18.9 Å². The number of hydrogen-bond donors (Lipinski definition) is 1. The van der Waals surface area contributed by atoms with Crippen LogP contribution in [0.3, 0.4) is 0 Å². The highest BCUT2D eigenvalue weighted by Crippen LogP contribution is 2.35. The average molecular weight is 299 g/mol. The first-order valence-corrected chi connectivity index (χ1v) is 6.60. The molecule has 1 aliphatic rings. The molecule has 8 heteroatoms. The number of halogens is 1. The molecule has 108 valence electrons. The van der Waals surface area contributed by atoms with Crippen LogP contribution in [0.5, 0.6) is 0 Å². The van der Waals surface area contributed by atoms with Gasteiger partial charge in [0.1, 0.15) is 11.3 Å². The van der Waals surface area contributed by atoms with Gasteiger partial charge in [0.25, 0.3) is 11.6 Å². The summed E-state index contributed by atoms with van der Waals surface area (Å²) in [5, 5.41) is 10.7. The van der Waals surface area contributed by atoms with Gasteiger partial charge >= 0.3 is 0 Å². The lowest BCUT2D eigenvalue weighted by Crippen LogP contribution is -2.43. The fraction of sp³-hybridized carbons (Fsp3) is 0.500. The number of hydrogen-bond acceptors (Lipinski definition) is 5. The highest BCUT2D eigenvalue weighted by atomic mass is 35.5. The normalized spacial score (nSPS) is 15.8. The predicted molar refractivity (Wildman–Crippen MR) is 73.6 cm³/mol. The van der Waals surface area contributed by atoms with E-state index in [0.29, 0.717) is 12.5 Å². The lowest BCUT2D eigenvalue weighted by atomic mass is 10.1. The second-order valence-corrected chi connectivity index (χ2v) is 5.20. The van der Waals surface area contributed by atoms with Crippen LogP contribution < -0.4 is 5.73 Å². The fourth-order valence-corrected chi connectivity index (χ4v) is 2.36. The van der Waals surface area contributed by atoms with E-state index >= 15 is 0 Å². The highest BCUT2D eigenvalue weighted by Gasteiger charge is 2.35. The summed E-state index contributed by atoms with van der Waals surface area (Å²) in [4.78, 5) is 27.7. The largest absolute Gasteiger partial charge is 0.337 e. The van der Waals surface area contributed by atoms with Crippen molar-refractivity contribution in [3.8, 4) is 0 Å². The number of rotatable bonds is 5. The third kappa shape index (κ3) is 2.88. The van der Waals surface area contributed by atoms with Crippen LogP contribution in [-0.2, 0) is 0 Å². The molecule has 1 fully saturated rings. The molecule has 0 saturated heterocycles. The SMILES string of the molecule is CN(C(=O)c1cc([N+](=O)[O-])cnc1Cl)C(CN)C1CC1. The van der Waals surface area contributed by atoms with Gasteiger partial charge in [0.05, 0.1) is 10.5 Å². The number of nitrogens with zero attached hydrogens (tertiary/aromatic N) is 3. The number of carbonyl (C=O) groups is 1. The molecule has 1 heterocycles. The molecule has 20 heavy (non-hydrogen) atoms. The third-order valence-electron chi connectivity index (χ3n) is 3.49. The first-order valence-electron chi connectivity index (χ1n) is 6.23. The Labute approximate surface area is 120 Å². The van der Waals surface area contributed by atoms with Crippen LogP contribution in [0, 0.1) is 16.0 Å². The van der Waals surface area contributed by atoms with Crippen molar-refractivity contribution in [1.29, 1.82) is 0 Å². The quantitative estimate of drug-likeness (QED) is 0.503. The van der Waals surface area contributed by atoms with E-state index in [1.54, 1.807) is 7.05 Å². The zero-order valence-electron chi connectivity index (χ0n) is 11.0. The lowest BCUT2D eigenvalue weighted by Gasteiger charge is -2.27. The first kappa shape index (κ1) is 14.7. The molecule has 1 aromatic heterocycles. The second kappa shape index (κ2) is 5.72. The molecule has 7 nitrogen and oxygen atoms in total. The molecule has 0 radical (unpaired) electrons. The van der Waals surface area contributed by atoms with Crippen molar-refractivity contribution >= 4 is 23.2 Å². The van der Waals surface area contributed by atoms with E-state index < -0.39 is 10.8 Å². The number of amides is 1. The van der Waals surface area contributed by atoms with E-state index in [0.717, 1.165) is 25.1 Å². The lowest BCUT2D eigenvalue weighted by molar-refractivity contribution is -0.385. The average Bonchev–Trinajstić information content (AvgIpc) is 3.23. The highest BCUT2D eigenvalue weighted by molar-refractivity contribution is 6.32. The van der Waals surface area contributed by atoms with Crippen LogP contribution in [0.1, 0.15) is 23.2 Å². The van der Waals surface area contributed by atoms with Crippen LogP contribution >= 0.6 is 11.6 Å². The van der Waals surface area contributed by atoms with E-state index in [1.807, 2.05) is 0 Å². The predicted octanol–water partition coefficient (Wildman–Crippen LogP) is 1.45. The summed E-state index contributed by atoms with van der Waals surface area (Å²) in [6.45, 7) is 0.354. The maximum absolute atomic E-state index is 12.4. The minimum absolute atomic E-state index is 0.0301. The Morgan fingerprint density at radius 3 is 2.85 bits per heavy atom. The van der Waals surface area contributed by atoms with Gasteiger partial charge in [0.2, 0.25) is 0 Å². The van der Waals surface area contributed by atoms with E-state index in [2.05, 4.69) is 4.98 Å². The molecule has 0 aliphatic heterocycles. The smallest absolute Gasteiger partial charge is 0.288 e. The van der Waals surface area contributed by atoms with Gasteiger partial charge in [0, 0.05) is 25.7 Å². The minimum atomic E-state index is -0.610. The van der Waals surface area contributed by atoms with Gasteiger partial charge in [-0.1, -0.05) is 11.6 Å². The van der Waals surface area contributed by atoms with Crippen molar-refractivity contribution in [2.24, 2.45) is 11.7 Å². The van der Waals surface area contributed by atoms with Gasteiger partial charge in [-0.2, -0.15) is 0 Å². The summed E-state index contributed by atoms with van der Waals surface area (Å²) < 4.78 is 0. The Balaban J connectivity index is 2.27. The zero-order valence-corrected chi connectivity index (χ0v) is 11.7. The summed E-state index contributed by atoms with van der Waals surface area (Å²) in [5.41, 5.74) is 5.46. The molecule has 1 aliphatic carbocycles. The van der Waals surface area contributed by atoms with Gasteiger partial charge in [-0.25, -0.2) is 4.98 Å². The van der Waals surface area contributed by atoms with Crippen molar-refractivity contribution in [3.05, 3.63) is 33.1 Å². The number of nitrogens with two attached hydrogens (primary N) is 1. The van der Waals surface area contributed by atoms with Gasteiger partial charge in [0.15, 0.2) is 0 Å². The molecule has 0 bridgehead atoms. The van der Waals surface area contributed by atoms with Crippen molar-refractivity contribution < 1.29 is 9.72 Å². The van der Waals surface area contributed by atoms with Crippen LogP contribution in [0.25, 0.3) is 0 Å². The molecule has 1 atom stereocenters. The van der Waals surface area contributed by atoms with E-state index in [-0.39, 0.29) is 22.4 Å². The third-order valence-corrected chi connectivity index (χ3v) is 3.79. The summed E-state index contributed by atoms with van der Waals surface area (Å²) in [6, 6.07) is 1.08. The number of nitro groups is 1. The Kier molecular flexibility index (Phi) is 4.20. The van der Waals surface area contributed by atoms with Gasteiger partial charge in [-0.3, -0.25) is 14.9 Å². The Bertz CT molecular complexity index is 548. The molecular weight excluding hydrogens is 284 g/mol. The van der Waals surface area contributed by atoms with Crippen molar-refractivity contribution in [3.63, 3.8) is 0 Å². The molecule has 1 unspecified atom stereocenters. The summed E-state index contributed by atoms with van der Waals surface area (Å²) >= 11 is 5.87. The number of carbonyl (C=O) groups excluding carboxylic acids is 1. The number of aromatic nitrogens is 1. The monoisotopic (exact) mass is 298 g/mol. The molecule has 2 rings (SSSR count). The molecule has 1 saturated carbocycles. The van der Waals surface area contributed by atoms with Crippen molar-refractivity contribution in [2.75, 3.05) is 13.6 Å². The standard InChI is InChI=1S/C12H15ClN4O3/c1-16(10(5-14)7-2-3-7)12(18)9-4-8(17(19)20)6-15-11(9)13/h4,6-7,10H,2-3,5,14H2,1H3.